The van der Waals surface area contributed by atoms with Crippen LogP contribution in [0.5, 0.6) is 0 Å². The summed E-state index contributed by atoms with van der Waals surface area (Å²) in [7, 11) is 0. The molecule has 2 unspecified atom stereocenters. The predicted octanol–water partition coefficient (Wildman–Crippen LogP) is 3.55. The third kappa shape index (κ3) is 2.92. The highest BCUT2D eigenvalue weighted by molar-refractivity contribution is 5.19. The lowest BCUT2D eigenvalue weighted by Gasteiger charge is -1.90. The fourth-order valence-corrected chi connectivity index (χ4v) is 1.28. The molecule has 2 atom stereocenters. The Kier molecular flexibility index (Phi) is 2.92. The van der Waals surface area contributed by atoms with E-state index in [1.165, 1.54) is 12.0 Å². The Hall–Kier alpha value is -0.520. The maximum atomic E-state index is 2.40. The van der Waals surface area contributed by atoms with E-state index in [0.29, 0.717) is 0 Å². The minimum absolute atomic E-state index is 0.886. The lowest BCUT2D eigenvalue weighted by Crippen LogP contribution is -1.73. The first-order valence-electron chi connectivity index (χ1n) is 4.59. The van der Waals surface area contributed by atoms with Crippen molar-refractivity contribution < 1.29 is 0 Å². The quantitative estimate of drug-likeness (QED) is 0.540. The molecule has 0 bridgehead atoms. The molecule has 0 aromatic heterocycles. The molecule has 1 saturated carbocycles. The first-order chi connectivity index (χ1) is 5.24. The van der Waals surface area contributed by atoms with Crippen molar-refractivity contribution in [3.05, 3.63) is 23.8 Å². The van der Waals surface area contributed by atoms with Gasteiger partial charge in [-0.25, -0.2) is 0 Å². The molecule has 62 valence electrons. The van der Waals surface area contributed by atoms with Crippen molar-refractivity contribution in [2.24, 2.45) is 11.8 Å². The first kappa shape index (κ1) is 8.58. The van der Waals surface area contributed by atoms with Crippen LogP contribution in [0.2, 0.25) is 0 Å². The Bertz CT molecular complexity index is 174. The highest BCUT2D eigenvalue weighted by Crippen LogP contribution is 2.39. The molecule has 0 spiro atoms. The number of hydrogen-bond acceptors (Lipinski definition) is 0. The fraction of sp³-hybridized carbons (Fsp3) is 0.636. The largest absolute Gasteiger partial charge is 0.0846 e. The third-order valence-corrected chi connectivity index (χ3v) is 2.27. The molecule has 0 nitrogen and oxygen atoms in total. The van der Waals surface area contributed by atoms with Gasteiger partial charge in [0.1, 0.15) is 0 Å². The number of allylic oxidation sites excluding steroid dienone is 4. The predicted molar refractivity (Wildman–Crippen MR) is 50.5 cm³/mol. The molecule has 0 heterocycles. The summed E-state index contributed by atoms with van der Waals surface area (Å²) in [5.41, 5.74) is 1.43. The molecule has 0 aromatic carbocycles. The van der Waals surface area contributed by atoms with Crippen LogP contribution in [0.3, 0.4) is 0 Å². The molecule has 0 N–H and O–H groups in total. The molecular formula is C11H18. The highest BCUT2D eigenvalue weighted by Gasteiger charge is 2.29. The number of rotatable bonds is 3. The van der Waals surface area contributed by atoms with E-state index in [-0.39, 0.29) is 0 Å². The average molecular weight is 150 g/mol. The number of hydrogen-bond donors (Lipinski definition) is 0. The Morgan fingerprint density at radius 2 is 2.18 bits per heavy atom. The van der Waals surface area contributed by atoms with Gasteiger partial charge in [0.15, 0.2) is 0 Å². The summed E-state index contributed by atoms with van der Waals surface area (Å²) < 4.78 is 0. The highest BCUT2D eigenvalue weighted by atomic mass is 14.3. The molecule has 0 saturated heterocycles. The molecule has 0 radical (unpaired) electrons. The van der Waals surface area contributed by atoms with Crippen LogP contribution in [-0.2, 0) is 0 Å². The lowest BCUT2D eigenvalue weighted by atomic mass is 10.2. The van der Waals surface area contributed by atoms with Gasteiger partial charge in [0.25, 0.3) is 0 Å². The lowest BCUT2D eigenvalue weighted by molar-refractivity contribution is 0.894. The second-order valence-electron chi connectivity index (χ2n) is 3.60. The van der Waals surface area contributed by atoms with Gasteiger partial charge in [-0.15, -0.1) is 0 Å². The van der Waals surface area contributed by atoms with E-state index >= 15 is 0 Å². The van der Waals surface area contributed by atoms with Crippen molar-refractivity contribution in [2.45, 2.75) is 33.6 Å². The van der Waals surface area contributed by atoms with E-state index in [2.05, 4.69) is 39.0 Å². The van der Waals surface area contributed by atoms with Gasteiger partial charge in [-0.05, 0) is 31.6 Å². The van der Waals surface area contributed by atoms with Crippen molar-refractivity contribution in [2.75, 3.05) is 0 Å². The van der Waals surface area contributed by atoms with Gasteiger partial charge in [-0.3, -0.25) is 0 Å². The van der Waals surface area contributed by atoms with Gasteiger partial charge in [0.2, 0.25) is 0 Å². The summed E-state index contributed by atoms with van der Waals surface area (Å²) in [6, 6.07) is 0. The second-order valence-corrected chi connectivity index (χ2v) is 3.60. The van der Waals surface area contributed by atoms with Gasteiger partial charge in [-0.2, -0.15) is 0 Å². The van der Waals surface area contributed by atoms with Gasteiger partial charge in [-0.1, -0.05) is 37.6 Å². The van der Waals surface area contributed by atoms with E-state index in [1.807, 2.05) is 0 Å². The van der Waals surface area contributed by atoms with Crippen LogP contribution in [0.25, 0.3) is 0 Å². The first-order valence-corrected chi connectivity index (χ1v) is 4.59. The van der Waals surface area contributed by atoms with E-state index in [9.17, 15) is 0 Å². The molecule has 0 heteroatoms. The van der Waals surface area contributed by atoms with Crippen molar-refractivity contribution in [1.82, 2.24) is 0 Å². The minimum atomic E-state index is 0.886. The van der Waals surface area contributed by atoms with Crippen molar-refractivity contribution in [3.8, 4) is 0 Å². The minimum Gasteiger partial charge on any atom is -0.0846 e. The molecule has 1 fully saturated rings. The van der Waals surface area contributed by atoms with Crippen LogP contribution >= 0.6 is 0 Å². The van der Waals surface area contributed by atoms with Crippen LogP contribution in [0.15, 0.2) is 23.8 Å². The van der Waals surface area contributed by atoms with Gasteiger partial charge >= 0.3 is 0 Å². The molecule has 1 rings (SSSR count). The zero-order chi connectivity index (χ0) is 8.27. The fourth-order valence-electron chi connectivity index (χ4n) is 1.28. The van der Waals surface area contributed by atoms with E-state index < -0.39 is 0 Å². The smallest absolute Gasteiger partial charge is 0.0199 e. The van der Waals surface area contributed by atoms with Crippen LogP contribution in [0.1, 0.15) is 33.6 Å². The second kappa shape index (κ2) is 3.75. The van der Waals surface area contributed by atoms with Crippen LogP contribution in [-0.4, -0.2) is 0 Å². The van der Waals surface area contributed by atoms with Gasteiger partial charge < -0.3 is 0 Å². The Labute approximate surface area is 70.0 Å². The van der Waals surface area contributed by atoms with Gasteiger partial charge in [0.05, 0.1) is 0 Å². The molecule has 0 aliphatic heterocycles. The zero-order valence-corrected chi connectivity index (χ0v) is 7.80. The average Bonchev–Trinajstić information content (AvgIpc) is 2.62. The summed E-state index contributed by atoms with van der Waals surface area (Å²) >= 11 is 0. The maximum absolute atomic E-state index is 2.40. The van der Waals surface area contributed by atoms with Crippen LogP contribution in [0.4, 0.5) is 0 Å². The molecular weight excluding hydrogens is 132 g/mol. The third-order valence-electron chi connectivity index (χ3n) is 2.27. The summed E-state index contributed by atoms with van der Waals surface area (Å²) in [4.78, 5) is 0. The molecule has 0 aromatic rings. The Morgan fingerprint density at radius 1 is 1.55 bits per heavy atom. The van der Waals surface area contributed by atoms with Crippen molar-refractivity contribution in [3.63, 3.8) is 0 Å². The van der Waals surface area contributed by atoms with Crippen LogP contribution in [0, 0.1) is 11.8 Å². The van der Waals surface area contributed by atoms with E-state index in [1.54, 1.807) is 0 Å². The summed E-state index contributed by atoms with van der Waals surface area (Å²) in [5, 5.41) is 0. The van der Waals surface area contributed by atoms with E-state index in [4.69, 9.17) is 0 Å². The monoisotopic (exact) mass is 150 g/mol. The topological polar surface area (TPSA) is 0 Å². The Balaban J connectivity index is 2.34. The zero-order valence-electron chi connectivity index (χ0n) is 7.80. The summed E-state index contributed by atoms with van der Waals surface area (Å²) in [6.45, 7) is 6.68. The maximum Gasteiger partial charge on any atom is -0.0199 e. The molecule has 1 aliphatic rings. The Morgan fingerprint density at radius 3 is 2.64 bits per heavy atom. The van der Waals surface area contributed by atoms with Gasteiger partial charge in [0, 0.05) is 0 Å². The normalized spacial score (nSPS) is 31.4. The SMILES string of the molecule is CCC=CC(C)=CC1CC1C. The van der Waals surface area contributed by atoms with Crippen molar-refractivity contribution in [1.29, 1.82) is 0 Å². The molecule has 11 heavy (non-hydrogen) atoms. The molecule has 1 aliphatic carbocycles. The summed E-state index contributed by atoms with van der Waals surface area (Å²) in [6.07, 6.45) is 9.39. The van der Waals surface area contributed by atoms with Crippen LogP contribution < -0.4 is 0 Å². The standard InChI is InChI=1S/C11H18/c1-4-5-6-9(2)7-11-8-10(11)3/h5-7,10-11H,4,8H2,1-3H3. The molecule has 0 amide bonds. The van der Waals surface area contributed by atoms with E-state index in [0.717, 1.165) is 18.3 Å². The summed E-state index contributed by atoms with van der Waals surface area (Å²) in [5.74, 6) is 1.83. The van der Waals surface area contributed by atoms with Crippen molar-refractivity contribution >= 4 is 0 Å².